The highest BCUT2D eigenvalue weighted by Crippen LogP contribution is 2.19. The van der Waals surface area contributed by atoms with Crippen molar-refractivity contribution >= 4 is 29.2 Å². The normalized spacial score (nSPS) is 10.0. The number of rotatable bonds is 4. The Bertz CT molecular complexity index is 767. The number of carboxylic acid groups (broad SMARTS) is 1. The molecule has 3 N–H and O–H groups in total. The monoisotopic (exact) mass is 312 g/mol. The molecule has 0 atom stereocenters. The minimum Gasteiger partial charge on any atom is -0.478 e. The molecule has 6 heteroatoms. The van der Waals surface area contributed by atoms with Crippen LogP contribution >= 0.6 is 0 Å². The summed E-state index contributed by atoms with van der Waals surface area (Å²) < 4.78 is 0. The quantitative estimate of drug-likeness (QED) is 0.809. The summed E-state index contributed by atoms with van der Waals surface area (Å²) in [5.74, 6) is -1.73. The summed E-state index contributed by atoms with van der Waals surface area (Å²) in [7, 11) is 0. The number of hydrogen-bond donors (Lipinski definition) is 3. The van der Waals surface area contributed by atoms with Gasteiger partial charge in [0.25, 0.3) is 5.91 Å². The molecule has 2 aromatic rings. The summed E-state index contributed by atoms with van der Waals surface area (Å²) in [5, 5.41) is 14.4. The first-order chi connectivity index (χ1) is 10.9. The SMILES string of the molecule is CC(=O)Nc1ccc(C(=O)Nc2ccc(C)cc2C(=O)O)cc1. The van der Waals surface area contributed by atoms with E-state index in [0.29, 0.717) is 11.3 Å². The number of aromatic carboxylic acids is 1. The zero-order valence-electron chi connectivity index (χ0n) is 12.7. The van der Waals surface area contributed by atoms with E-state index in [9.17, 15) is 19.5 Å². The molecule has 0 aliphatic carbocycles. The Hall–Kier alpha value is -3.15. The predicted octanol–water partition coefficient (Wildman–Crippen LogP) is 2.90. The molecule has 0 aliphatic rings. The zero-order chi connectivity index (χ0) is 17.0. The van der Waals surface area contributed by atoms with Crippen molar-refractivity contribution < 1.29 is 19.5 Å². The predicted molar refractivity (Wildman–Crippen MR) is 86.8 cm³/mol. The Morgan fingerprint density at radius 2 is 1.61 bits per heavy atom. The maximum Gasteiger partial charge on any atom is 0.337 e. The molecular formula is C17H16N2O4. The van der Waals surface area contributed by atoms with E-state index >= 15 is 0 Å². The third-order valence-corrected chi connectivity index (χ3v) is 3.12. The first-order valence-corrected chi connectivity index (χ1v) is 6.90. The van der Waals surface area contributed by atoms with Gasteiger partial charge in [0, 0.05) is 18.2 Å². The largest absolute Gasteiger partial charge is 0.478 e. The number of aryl methyl sites for hydroxylation is 1. The topological polar surface area (TPSA) is 95.5 Å². The van der Waals surface area contributed by atoms with Crippen LogP contribution in [0.15, 0.2) is 42.5 Å². The lowest BCUT2D eigenvalue weighted by Gasteiger charge is -2.10. The number of carboxylic acids is 1. The van der Waals surface area contributed by atoms with Crippen molar-refractivity contribution in [3.05, 3.63) is 59.2 Å². The first kappa shape index (κ1) is 16.2. The average Bonchev–Trinajstić information content (AvgIpc) is 2.49. The minimum atomic E-state index is -1.11. The first-order valence-electron chi connectivity index (χ1n) is 6.90. The smallest absolute Gasteiger partial charge is 0.337 e. The van der Waals surface area contributed by atoms with Crippen LogP contribution in [-0.4, -0.2) is 22.9 Å². The molecule has 0 unspecified atom stereocenters. The highest BCUT2D eigenvalue weighted by Gasteiger charge is 2.13. The second kappa shape index (κ2) is 6.74. The second-order valence-corrected chi connectivity index (χ2v) is 5.07. The van der Waals surface area contributed by atoms with Crippen LogP contribution in [0.4, 0.5) is 11.4 Å². The van der Waals surface area contributed by atoms with Crippen molar-refractivity contribution in [2.24, 2.45) is 0 Å². The van der Waals surface area contributed by atoms with Crippen molar-refractivity contribution in [3.8, 4) is 0 Å². The summed E-state index contributed by atoms with van der Waals surface area (Å²) in [6.45, 7) is 3.17. The van der Waals surface area contributed by atoms with Gasteiger partial charge in [-0.25, -0.2) is 4.79 Å². The van der Waals surface area contributed by atoms with E-state index < -0.39 is 11.9 Å². The van der Waals surface area contributed by atoms with Gasteiger partial charge in [-0.1, -0.05) is 11.6 Å². The van der Waals surface area contributed by atoms with E-state index in [1.54, 1.807) is 43.3 Å². The van der Waals surface area contributed by atoms with E-state index in [4.69, 9.17) is 0 Å². The molecule has 2 rings (SSSR count). The molecule has 0 radical (unpaired) electrons. The number of carbonyl (C=O) groups is 3. The van der Waals surface area contributed by atoms with Crippen molar-refractivity contribution in [2.45, 2.75) is 13.8 Å². The number of amides is 2. The second-order valence-electron chi connectivity index (χ2n) is 5.07. The Balaban J connectivity index is 2.19. The molecule has 0 aromatic heterocycles. The highest BCUT2D eigenvalue weighted by atomic mass is 16.4. The molecule has 0 aliphatic heterocycles. The molecule has 0 fully saturated rings. The summed E-state index contributed by atoms with van der Waals surface area (Å²) in [6.07, 6.45) is 0. The van der Waals surface area contributed by atoms with Gasteiger partial charge in [-0.05, 0) is 43.3 Å². The number of nitrogens with one attached hydrogen (secondary N) is 2. The maximum absolute atomic E-state index is 12.2. The summed E-state index contributed by atoms with van der Waals surface area (Å²) >= 11 is 0. The van der Waals surface area contributed by atoms with Crippen LogP contribution in [0.1, 0.15) is 33.2 Å². The maximum atomic E-state index is 12.2. The fourth-order valence-electron chi connectivity index (χ4n) is 2.05. The molecule has 6 nitrogen and oxygen atoms in total. The zero-order valence-corrected chi connectivity index (χ0v) is 12.7. The van der Waals surface area contributed by atoms with Crippen molar-refractivity contribution in [1.29, 1.82) is 0 Å². The third-order valence-electron chi connectivity index (χ3n) is 3.12. The summed E-state index contributed by atoms with van der Waals surface area (Å²) in [4.78, 5) is 34.4. The number of benzene rings is 2. The van der Waals surface area contributed by atoms with E-state index in [-0.39, 0.29) is 17.2 Å². The van der Waals surface area contributed by atoms with Crippen LogP contribution in [0.25, 0.3) is 0 Å². The lowest BCUT2D eigenvalue weighted by atomic mass is 10.1. The fourth-order valence-corrected chi connectivity index (χ4v) is 2.05. The van der Waals surface area contributed by atoms with Gasteiger partial charge in [0.05, 0.1) is 11.3 Å². The van der Waals surface area contributed by atoms with Crippen LogP contribution in [0.5, 0.6) is 0 Å². The van der Waals surface area contributed by atoms with E-state index in [0.717, 1.165) is 5.56 Å². The number of anilines is 2. The Labute approximate surface area is 133 Å². The van der Waals surface area contributed by atoms with E-state index in [1.807, 2.05) is 0 Å². The van der Waals surface area contributed by atoms with E-state index in [2.05, 4.69) is 10.6 Å². The van der Waals surface area contributed by atoms with Crippen LogP contribution in [0, 0.1) is 6.92 Å². The van der Waals surface area contributed by atoms with Gasteiger partial charge in [-0.2, -0.15) is 0 Å². The molecular weight excluding hydrogens is 296 g/mol. The van der Waals surface area contributed by atoms with Crippen LogP contribution in [-0.2, 0) is 4.79 Å². The Morgan fingerprint density at radius 3 is 2.17 bits per heavy atom. The van der Waals surface area contributed by atoms with Gasteiger partial charge in [0.2, 0.25) is 5.91 Å². The fraction of sp³-hybridized carbons (Fsp3) is 0.118. The standard InChI is InChI=1S/C17H16N2O4/c1-10-3-8-15(14(9-10)17(22)23)19-16(21)12-4-6-13(7-5-12)18-11(2)20/h3-9H,1-2H3,(H,18,20)(H,19,21)(H,22,23). The van der Waals surface area contributed by atoms with Gasteiger partial charge in [-0.15, -0.1) is 0 Å². The summed E-state index contributed by atoms with van der Waals surface area (Å²) in [5.41, 5.74) is 2.00. The average molecular weight is 312 g/mol. The van der Waals surface area contributed by atoms with Crippen LogP contribution in [0.2, 0.25) is 0 Å². The lowest BCUT2D eigenvalue weighted by Crippen LogP contribution is -2.15. The van der Waals surface area contributed by atoms with Crippen molar-refractivity contribution in [1.82, 2.24) is 0 Å². The van der Waals surface area contributed by atoms with Gasteiger partial charge in [0.1, 0.15) is 0 Å². The van der Waals surface area contributed by atoms with Crippen LogP contribution in [0.3, 0.4) is 0 Å². The summed E-state index contributed by atoms with van der Waals surface area (Å²) in [6, 6.07) is 11.1. The van der Waals surface area contributed by atoms with Crippen molar-refractivity contribution in [2.75, 3.05) is 10.6 Å². The van der Waals surface area contributed by atoms with Crippen molar-refractivity contribution in [3.63, 3.8) is 0 Å². The minimum absolute atomic E-state index is 0.0354. The molecule has 0 spiro atoms. The Morgan fingerprint density at radius 1 is 0.957 bits per heavy atom. The molecule has 0 bridgehead atoms. The van der Waals surface area contributed by atoms with Crippen LogP contribution < -0.4 is 10.6 Å². The Kier molecular flexibility index (Phi) is 4.75. The van der Waals surface area contributed by atoms with Gasteiger partial charge < -0.3 is 15.7 Å². The molecule has 2 amide bonds. The van der Waals surface area contributed by atoms with Gasteiger partial charge >= 0.3 is 5.97 Å². The van der Waals surface area contributed by atoms with Gasteiger partial charge in [-0.3, -0.25) is 9.59 Å². The molecule has 2 aromatic carbocycles. The lowest BCUT2D eigenvalue weighted by molar-refractivity contribution is -0.114. The number of hydrogen-bond acceptors (Lipinski definition) is 3. The molecule has 0 saturated heterocycles. The van der Waals surface area contributed by atoms with Gasteiger partial charge in [0.15, 0.2) is 0 Å². The number of carbonyl (C=O) groups excluding carboxylic acids is 2. The molecule has 0 saturated carbocycles. The molecule has 23 heavy (non-hydrogen) atoms. The molecule has 118 valence electrons. The third kappa shape index (κ3) is 4.16. The highest BCUT2D eigenvalue weighted by molar-refractivity contribution is 6.08. The van der Waals surface area contributed by atoms with E-state index in [1.165, 1.54) is 13.0 Å². The molecule has 0 heterocycles.